The molecule has 2 atom stereocenters. The minimum atomic E-state index is -0.596. The summed E-state index contributed by atoms with van der Waals surface area (Å²) in [5.41, 5.74) is 2.56. The predicted molar refractivity (Wildman–Crippen MR) is 144 cm³/mol. The van der Waals surface area contributed by atoms with Crippen LogP contribution in [0.1, 0.15) is 50.7 Å². The number of hydrogen-bond donors (Lipinski definition) is 2. The lowest BCUT2D eigenvalue weighted by molar-refractivity contribution is -0.138. The Hall–Kier alpha value is -3.19. The van der Waals surface area contributed by atoms with Gasteiger partial charge in [0.15, 0.2) is 0 Å². The molecule has 5 rings (SSSR count). The Morgan fingerprint density at radius 2 is 1.73 bits per heavy atom. The number of hydrogen-bond acceptors (Lipinski definition) is 4. The number of anilines is 1. The van der Waals surface area contributed by atoms with Crippen molar-refractivity contribution in [1.29, 1.82) is 0 Å². The van der Waals surface area contributed by atoms with Gasteiger partial charge in [0.05, 0.1) is 11.3 Å². The van der Waals surface area contributed by atoms with Crippen LogP contribution < -0.4 is 15.5 Å². The summed E-state index contributed by atoms with van der Waals surface area (Å²) in [6.07, 6.45) is 3.73. The second-order valence-electron chi connectivity index (χ2n) is 11.2. The third-order valence-corrected chi connectivity index (χ3v) is 8.30. The molecule has 7 nitrogen and oxygen atoms in total. The minimum absolute atomic E-state index is 0.0344. The highest BCUT2D eigenvalue weighted by Crippen LogP contribution is 2.43. The van der Waals surface area contributed by atoms with Gasteiger partial charge in [0, 0.05) is 37.8 Å². The third-order valence-electron chi connectivity index (χ3n) is 8.30. The Balaban J connectivity index is 1.27. The first-order valence-corrected chi connectivity index (χ1v) is 13.6. The van der Waals surface area contributed by atoms with Gasteiger partial charge < -0.3 is 20.4 Å². The molecule has 3 aliphatic heterocycles. The van der Waals surface area contributed by atoms with Crippen molar-refractivity contribution >= 4 is 23.4 Å². The normalized spacial score (nSPS) is 22.4. The lowest BCUT2D eigenvalue weighted by atomic mass is 9.86. The maximum atomic E-state index is 13.7. The van der Waals surface area contributed by atoms with Crippen LogP contribution in [-0.2, 0) is 26.2 Å². The third kappa shape index (κ3) is 5.14. The molecule has 0 aliphatic carbocycles. The largest absolute Gasteiger partial charge is 0.344 e. The monoisotopic (exact) mass is 502 g/mol. The van der Waals surface area contributed by atoms with E-state index in [9.17, 15) is 14.4 Å². The second-order valence-corrected chi connectivity index (χ2v) is 11.2. The van der Waals surface area contributed by atoms with E-state index in [2.05, 4.69) is 10.6 Å². The number of benzene rings is 2. The summed E-state index contributed by atoms with van der Waals surface area (Å²) in [6.45, 7) is 6.72. The molecule has 3 aliphatic rings. The highest BCUT2D eigenvalue weighted by molar-refractivity contribution is 6.08. The van der Waals surface area contributed by atoms with E-state index in [0.717, 1.165) is 49.0 Å². The van der Waals surface area contributed by atoms with Gasteiger partial charge >= 0.3 is 0 Å². The summed E-state index contributed by atoms with van der Waals surface area (Å²) in [4.78, 5) is 44.0. The number of para-hydroxylation sites is 1. The first kappa shape index (κ1) is 25.5. The van der Waals surface area contributed by atoms with Crippen LogP contribution in [0.2, 0.25) is 0 Å². The number of rotatable bonds is 6. The molecule has 2 fully saturated rings. The van der Waals surface area contributed by atoms with Gasteiger partial charge in [-0.2, -0.15) is 0 Å². The minimum Gasteiger partial charge on any atom is -0.344 e. The molecule has 7 heteroatoms. The molecule has 0 aromatic heterocycles. The van der Waals surface area contributed by atoms with E-state index in [1.807, 2.05) is 78.2 Å². The summed E-state index contributed by atoms with van der Waals surface area (Å²) < 4.78 is 0. The number of piperidine rings is 2. The van der Waals surface area contributed by atoms with Crippen LogP contribution >= 0.6 is 0 Å². The zero-order valence-electron chi connectivity index (χ0n) is 21.9. The molecule has 3 amide bonds. The lowest BCUT2D eigenvalue weighted by Crippen LogP contribution is -2.56. The van der Waals surface area contributed by atoms with Crippen LogP contribution in [0.25, 0.3) is 0 Å². The Labute approximate surface area is 219 Å². The van der Waals surface area contributed by atoms with E-state index >= 15 is 0 Å². The van der Waals surface area contributed by atoms with Gasteiger partial charge in [-0.25, -0.2) is 0 Å². The van der Waals surface area contributed by atoms with Crippen molar-refractivity contribution in [2.75, 3.05) is 31.1 Å². The maximum Gasteiger partial charge on any atom is 0.245 e. The molecule has 0 saturated carbocycles. The van der Waals surface area contributed by atoms with Crippen LogP contribution in [-0.4, -0.2) is 60.9 Å². The SMILES string of the molecule is CC1(C)C(=O)N(C2CCN(C(=O)C(Cc3ccccc3)NC(=O)C3CCCNC3)CC2)c2ccccc21. The van der Waals surface area contributed by atoms with Gasteiger partial charge in [0.25, 0.3) is 0 Å². The molecule has 2 N–H and O–H groups in total. The summed E-state index contributed by atoms with van der Waals surface area (Å²) >= 11 is 0. The molecule has 2 saturated heterocycles. The highest BCUT2D eigenvalue weighted by atomic mass is 16.2. The second kappa shape index (κ2) is 10.7. The summed E-state index contributed by atoms with van der Waals surface area (Å²) in [6, 6.07) is 17.4. The molecule has 0 bridgehead atoms. The number of fused-ring (bicyclic) bond motifs is 1. The van der Waals surface area contributed by atoms with E-state index < -0.39 is 11.5 Å². The molecular formula is C30H38N4O3. The van der Waals surface area contributed by atoms with Crippen molar-refractivity contribution in [2.45, 2.75) is 63.5 Å². The van der Waals surface area contributed by atoms with Crippen molar-refractivity contribution < 1.29 is 14.4 Å². The Morgan fingerprint density at radius 3 is 2.43 bits per heavy atom. The van der Waals surface area contributed by atoms with Crippen LogP contribution in [0.5, 0.6) is 0 Å². The van der Waals surface area contributed by atoms with E-state index in [0.29, 0.717) is 26.1 Å². The van der Waals surface area contributed by atoms with Crippen LogP contribution in [0.4, 0.5) is 5.69 Å². The average molecular weight is 503 g/mol. The standard InChI is InChI=1S/C30H38N4O3/c1-30(2)24-12-6-7-13-26(24)34(29(30)37)23-14-17-33(18-15-23)28(36)25(19-21-9-4-3-5-10-21)32-27(35)22-11-8-16-31-20-22/h3-7,9-10,12-13,22-23,25,31H,8,11,14-20H2,1-2H3,(H,32,35). The molecule has 37 heavy (non-hydrogen) atoms. The zero-order valence-corrected chi connectivity index (χ0v) is 21.9. The number of nitrogens with zero attached hydrogens (tertiary/aromatic N) is 2. The highest BCUT2D eigenvalue weighted by Gasteiger charge is 2.47. The maximum absolute atomic E-state index is 13.7. The number of carbonyl (C=O) groups is 3. The summed E-state index contributed by atoms with van der Waals surface area (Å²) in [5.74, 6) is -0.0466. The van der Waals surface area contributed by atoms with E-state index in [1.54, 1.807) is 0 Å². The van der Waals surface area contributed by atoms with E-state index in [-0.39, 0.29) is 29.7 Å². The Kier molecular flexibility index (Phi) is 7.33. The average Bonchev–Trinajstić information content (AvgIpc) is 3.14. The van der Waals surface area contributed by atoms with Gasteiger partial charge in [-0.3, -0.25) is 14.4 Å². The number of likely N-dealkylation sites (tertiary alicyclic amines) is 1. The molecule has 0 spiro atoms. The van der Waals surface area contributed by atoms with Crippen molar-refractivity contribution in [1.82, 2.24) is 15.5 Å². The van der Waals surface area contributed by atoms with Gasteiger partial charge in [0.1, 0.15) is 6.04 Å². The predicted octanol–water partition coefficient (Wildman–Crippen LogP) is 3.03. The van der Waals surface area contributed by atoms with Gasteiger partial charge in [-0.05, 0) is 63.3 Å². The smallest absolute Gasteiger partial charge is 0.245 e. The number of amides is 3. The molecule has 2 unspecified atom stereocenters. The molecule has 0 radical (unpaired) electrons. The molecular weight excluding hydrogens is 464 g/mol. The zero-order chi connectivity index (χ0) is 26.0. The number of carbonyl (C=O) groups excluding carboxylic acids is 3. The first-order chi connectivity index (χ1) is 17.9. The van der Waals surface area contributed by atoms with Crippen molar-refractivity contribution in [3.05, 3.63) is 65.7 Å². The van der Waals surface area contributed by atoms with Gasteiger partial charge in [0.2, 0.25) is 17.7 Å². The topological polar surface area (TPSA) is 81.8 Å². The molecule has 3 heterocycles. The summed E-state index contributed by atoms with van der Waals surface area (Å²) in [7, 11) is 0. The van der Waals surface area contributed by atoms with E-state index in [1.165, 1.54) is 0 Å². The summed E-state index contributed by atoms with van der Waals surface area (Å²) in [5, 5.41) is 6.39. The lowest BCUT2D eigenvalue weighted by Gasteiger charge is -2.39. The van der Waals surface area contributed by atoms with Crippen molar-refractivity contribution in [3.8, 4) is 0 Å². The number of nitrogens with one attached hydrogen (secondary N) is 2. The Bertz CT molecular complexity index is 1130. The molecule has 2 aromatic rings. The fourth-order valence-corrected chi connectivity index (χ4v) is 6.08. The fourth-order valence-electron chi connectivity index (χ4n) is 6.08. The van der Waals surface area contributed by atoms with Crippen LogP contribution in [0.3, 0.4) is 0 Å². The van der Waals surface area contributed by atoms with Crippen molar-refractivity contribution in [3.63, 3.8) is 0 Å². The quantitative estimate of drug-likeness (QED) is 0.636. The fraction of sp³-hybridized carbons (Fsp3) is 0.500. The van der Waals surface area contributed by atoms with E-state index in [4.69, 9.17) is 0 Å². The van der Waals surface area contributed by atoms with Crippen LogP contribution in [0, 0.1) is 5.92 Å². The van der Waals surface area contributed by atoms with Crippen molar-refractivity contribution in [2.24, 2.45) is 5.92 Å². The van der Waals surface area contributed by atoms with Gasteiger partial charge in [-0.15, -0.1) is 0 Å². The molecule has 2 aromatic carbocycles. The Morgan fingerprint density at radius 1 is 1.03 bits per heavy atom. The van der Waals surface area contributed by atoms with Crippen LogP contribution in [0.15, 0.2) is 54.6 Å². The molecule has 196 valence electrons. The first-order valence-electron chi connectivity index (χ1n) is 13.6. The van der Waals surface area contributed by atoms with Gasteiger partial charge in [-0.1, -0.05) is 48.5 Å².